The van der Waals surface area contributed by atoms with Crippen LogP contribution >= 0.6 is 0 Å². The van der Waals surface area contributed by atoms with Crippen LogP contribution in [0.5, 0.6) is 0 Å². The number of hydrogen-bond donors (Lipinski definition) is 1. The third kappa shape index (κ3) is 2.18. The Bertz CT molecular complexity index is 726. The van der Waals surface area contributed by atoms with Gasteiger partial charge >= 0.3 is 0 Å². The van der Waals surface area contributed by atoms with E-state index in [0.29, 0.717) is 0 Å². The molecule has 0 fully saturated rings. The lowest BCUT2D eigenvalue weighted by atomic mass is 10.0. The van der Waals surface area contributed by atoms with Crippen LogP contribution in [0.15, 0.2) is 30.5 Å². The summed E-state index contributed by atoms with van der Waals surface area (Å²) in [4.78, 5) is 0. The van der Waals surface area contributed by atoms with Crippen molar-refractivity contribution in [3.8, 4) is 0 Å². The molecule has 1 unspecified atom stereocenters. The quantitative estimate of drug-likeness (QED) is 0.774. The number of fused-ring (bicyclic) bond motifs is 1. The number of nitrogens with zero attached hydrogens (tertiary/aromatic N) is 5. The Morgan fingerprint density at radius 2 is 2.05 bits per heavy atom. The molecule has 0 radical (unpaired) electrons. The topological polar surface area (TPSA) is 60.6 Å². The number of aryl methyl sites for hydroxylation is 2. The minimum absolute atomic E-state index is 0.123. The van der Waals surface area contributed by atoms with Crippen LogP contribution in [0.2, 0.25) is 0 Å². The molecular formula is C14H18N6. The Balaban J connectivity index is 1.99. The molecule has 6 heteroatoms. The molecule has 1 atom stereocenters. The normalized spacial score (nSPS) is 12.9. The van der Waals surface area contributed by atoms with E-state index in [0.717, 1.165) is 23.3 Å². The highest BCUT2D eigenvalue weighted by Crippen LogP contribution is 2.24. The first-order valence-corrected chi connectivity index (χ1v) is 6.63. The van der Waals surface area contributed by atoms with Crippen LogP contribution in [0.1, 0.15) is 17.4 Å². The molecule has 2 aromatic heterocycles. The summed E-state index contributed by atoms with van der Waals surface area (Å²) in [7, 11) is 5.80. The molecule has 0 bridgehead atoms. The molecule has 104 valence electrons. The zero-order chi connectivity index (χ0) is 14.1. The molecule has 0 saturated carbocycles. The number of likely N-dealkylation sites (N-methyl/N-ethyl adjacent to an activating group) is 1. The van der Waals surface area contributed by atoms with Crippen LogP contribution in [0.3, 0.4) is 0 Å². The average molecular weight is 270 g/mol. The van der Waals surface area contributed by atoms with E-state index in [1.165, 1.54) is 5.39 Å². The van der Waals surface area contributed by atoms with Gasteiger partial charge in [0.2, 0.25) is 0 Å². The second kappa shape index (κ2) is 5.05. The fraction of sp³-hybridized carbons (Fsp3) is 0.357. The molecule has 1 N–H and O–H groups in total. The molecule has 3 aromatic rings. The molecule has 3 rings (SSSR count). The van der Waals surface area contributed by atoms with Crippen LogP contribution in [0, 0.1) is 0 Å². The largest absolute Gasteiger partial charge is 0.311 e. The Hall–Kier alpha value is -2.21. The molecule has 0 amide bonds. The second-order valence-electron chi connectivity index (χ2n) is 4.95. The van der Waals surface area contributed by atoms with Crippen molar-refractivity contribution in [2.24, 2.45) is 14.1 Å². The first kappa shape index (κ1) is 12.8. The predicted molar refractivity (Wildman–Crippen MR) is 77.2 cm³/mol. The lowest BCUT2D eigenvalue weighted by Gasteiger charge is -2.12. The van der Waals surface area contributed by atoms with E-state index >= 15 is 0 Å². The van der Waals surface area contributed by atoms with Gasteiger partial charge in [-0.1, -0.05) is 23.4 Å². The number of aromatic nitrogens is 5. The molecule has 0 aliphatic heterocycles. The van der Waals surface area contributed by atoms with Crippen molar-refractivity contribution in [1.82, 2.24) is 30.1 Å². The molecule has 0 spiro atoms. The fourth-order valence-electron chi connectivity index (χ4n) is 2.53. The first-order valence-electron chi connectivity index (χ1n) is 6.63. The highest BCUT2D eigenvalue weighted by atomic mass is 15.4. The Labute approximate surface area is 117 Å². The lowest BCUT2D eigenvalue weighted by molar-refractivity contribution is 0.560. The van der Waals surface area contributed by atoms with E-state index in [4.69, 9.17) is 0 Å². The minimum atomic E-state index is 0.123. The van der Waals surface area contributed by atoms with Gasteiger partial charge in [-0.2, -0.15) is 5.10 Å². The number of para-hydroxylation sites is 1. The number of benzene rings is 1. The van der Waals surface area contributed by atoms with Gasteiger partial charge in [0.05, 0.1) is 22.9 Å². The Morgan fingerprint density at radius 1 is 1.25 bits per heavy atom. The van der Waals surface area contributed by atoms with E-state index in [-0.39, 0.29) is 6.04 Å². The maximum Gasteiger partial charge on any atom is 0.0876 e. The van der Waals surface area contributed by atoms with Crippen molar-refractivity contribution >= 4 is 10.9 Å². The van der Waals surface area contributed by atoms with Crippen molar-refractivity contribution in [2.45, 2.75) is 12.5 Å². The van der Waals surface area contributed by atoms with Gasteiger partial charge in [0.25, 0.3) is 0 Å². The van der Waals surface area contributed by atoms with E-state index in [2.05, 4.69) is 32.9 Å². The number of rotatable bonds is 4. The van der Waals surface area contributed by atoms with Crippen LogP contribution in [0.4, 0.5) is 0 Å². The van der Waals surface area contributed by atoms with Gasteiger partial charge in [0.15, 0.2) is 0 Å². The van der Waals surface area contributed by atoms with Gasteiger partial charge in [-0.15, -0.1) is 5.10 Å². The second-order valence-corrected chi connectivity index (χ2v) is 4.95. The number of nitrogens with one attached hydrogen (secondary N) is 1. The number of hydrogen-bond acceptors (Lipinski definition) is 4. The highest BCUT2D eigenvalue weighted by molar-refractivity contribution is 5.82. The average Bonchev–Trinajstić information content (AvgIpc) is 3.01. The summed E-state index contributed by atoms with van der Waals surface area (Å²) in [5, 5.41) is 17.3. The molecule has 1 aromatic carbocycles. The van der Waals surface area contributed by atoms with E-state index in [1.54, 1.807) is 4.68 Å². The van der Waals surface area contributed by atoms with Crippen molar-refractivity contribution < 1.29 is 0 Å². The summed E-state index contributed by atoms with van der Waals surface area (Å²) < 4.78 is 3.64. The van der Waals surface area contributed by atoms with Gasteiger partial charge in [0, 0.05) is 32.1 Å². The van der Waals surface area contributed by atoms with Crippen molar-refractivity contribution in [2.75, 3.05) is 7.05 Å². The van der Waals surface area contributed by atoms with Crippen molar-refractivity contribution in [1.29, 1.82) is 0 Å². The zero-order valence-corrected chi connectivity index (χ0v) is 11.9. The van der Waals surface area contributed by atoms with Crippen LogP contribution in [-0.2, 0) is 20.5 Å². The van der Waals surface area contributed by atoms with Gasteiger partial charge in [-0.25, -0.2) is 0 Å². The fourth-order valence-corrected chi connectivity index (χ4v) is 2.53. The summed E-state index contributed by atoms with van der Waals surface area (Å²) >= 11 is 0. The summed E-state index contributed by atoms with van der Waals surface area (Å²) in [5.74, 6) is 0. The Morgan fingerprint density at radius 3 is 2.75 bits per heavy atom. The standard InChI is InChI=1S/C14H18N6/c1-15-12(8-10-9-19(2)18-16-10)14-11-6-4-5-7-13(11)20(3)17-14/h4-7,9,12,15H,8H2,1-3H3. The smallest absolute Gasteiger partial charge is 0.0876 e. The summed E-state index contributed by atoms with van der Waals surface area (Å²) in [6.07, 6.45) is 2.71. The lowest BCUT2D eigenvalue weighted by Crippen LogP contribution is -2.20. The monoisotopic (exact) mass is 270 g/mol. The minimum Gasteiger partial charge on any atom is -0.311 e. The Kier molecular flexibility index (Phi) is 3.23. The van der Waals surface area contributed by atoms with Gasteiger partial charge in [0.1, 0.15) is 0 Å². The van der Waals surface area contributed by atoms with E-state index in [9.17, 15) is 0 Å². The predicted octanol–water partition coefficient (Wildman–Crippen LogP) is 1.20. The summed E-state index contributed by atoms with van der Waals surface area (Å²) in [6, 6.07) is 8.39. The maximum atomic E-state index is 4.66. The van der Waals surface area contributed by atoms with Gasteiger partial charge in [-0.05, 0) is 13.1 Å². The molecule has 2 heterocycles. The maximum absolute atomic E-state index is 4.66. The molecule has 0 saturated heterocycles. The van der Waals surface area contributed by atoms with Gasteiger partial charge in [-0.3, -0.25) is 9.36 Å². The summed E-state index contributed by atoms with van der Waals surface area (Å²) in [5.41, 5.74) is 3.15. The molecule has 20 heavy (non-hydrogen) atoms. The van der Waals surface area contributed by atoms with Crippen LogP contribution < -0.4 is 5.32 Å². The zero-order valence-electron chi connectivity index (χ0n) is 11.9. The first-order chi connectivity index (χ1) is 9.69. The SMILES string of the molecule is CNC(Cc1cn(C)nn1)c1nn(C)c2ccccc12. The molecule has 0 aliphatic rings. The third-order valence-electron chi connectivity index (χ3n) is 3.53. The van der Waals surface area contributed by atoms with Crippen molar-refractivity contribution in [3.05, 3.63) is 41.9 Å². The van der Waals surface area contributed by atoms with Crippen LogP contribution in [0.25, 0.3) is 10.9 Å². The summed E-state index contributed by atoms with van der Waals surface area (Å²) in [6.45, 7) is 0. The van der Waals surface area contributed by atoms with Gasteiger partial charge < -0.3 is 5.32 Å². The third-order valence-corrected chi connectivity index (χ3v) is 3.53. The van der Waals surface area contributed by atoms with E-state index in [1.807, 2.05) is 44.2 Å². The van der Waals surface area contributed by atoms with Crippen LogP contribution in [-0.4, -0.2) is 31.8 Å². The molecule has 0 aliphatic carbocycles. The van der Waals surface area contributed by atoms with Crippen molar-refractivity contribution in [3.63, 3.8) is 0 Å². The molecule has 6 nitrogen and oxygen atoms in total. The highest BCUT2D eigenvalue weighted by Gasteiger charge is 2.19. The van der Waals surface area contributed by atoms with E-state index < -0.39 is 0 Å². The molecular weight excluding hydrogens is 252 g/mol.